The number of nitrogens with zero attached hydrogens (tertiary/aromatic N) is 2. The highest BCUT2D eigenvalue weighted by atomic mass is 19.1. The predicted octanol–water partition coefficient (Wildman–Crippen LogP) is 2.93. The molecule has 0 heterocycles. The molecule has 0 aliphatic rings. The zero-order chi connectivity index (χ0) is 18.9. The van der Waals surface area contributed by atoms with Crippen molar-refractivity contribution in [1.82, 2.24) is 15.5 Å². The number of benzene rings is 2. The van der Waals surface area contributed by atoms with Gasteiger partial charge in [0, 0.05) is 32.2 Å². The maximum Gasteiger partial charge on any atom is 0.191 e. The van der Waals surface area contributed by atoms with Gasteiger partial charge in [-0.05, 0) is 55.9 Å². The van der Waals surface area contributed by atoms with Crippen LogP contribution in [0.1, 0.15) is 16.7 Å². The van der Waals surface area contributed by atoms with Crippen LogP contribution in [0.4, 0.5) is 8.78 Å². The van der Waals surface area contributed by atoms with E-state index in [9.17, 15) is 8.78 Å². The van der Waals surface area contributed by atoms with E-state index in [2.05, 4.69) is 15.6 Å². The predicted molar refractivity (Wildman–Crippen MR) is 102 cm³/mol. The fourth-order valence-corrected chi connectivity index (χ4v) is 2.62. The maximum absolute atomic E-state index is 13.8. The number of halogens is 2. The first-order chi connectivity index (χ1) is 12.5. The van der Waals surface area contributed by atoms with Gasteiger partial charge in [-0.1, -0.05) is 18.2 Å². The van der Waals surface area contributed by atoms with Crippen molar-refractivity contribution in [3.8, 4) is 0 Å². The molecule has 0 radical (unpaired) electrons. The second-order valence-corrected chi connectivity index (χ2v) is 6.40. The quantitative estimate of drug-likeness (QED) is 0.589. The van der Waals surface area contributed by atoms with Crippen LogP contribution in [0.3, 0.4) is 0 Å². The summed E-state index contributed by atoms with van der Waals surface area (Å²) < 4.78 is 27.0. The van der Waals surface area contributed by atoms with E-state index < -0.39 is 0 Å². The van der Waals surface area contributed by atoms with Gasteiger partial charge in [-0.3, -0.25) is 4.99 Å². The molecule has 0 atom stereocenters. The molecule has 0 aliphatic heterocycles. The molecule has 2 rings (SSSR count). The fourth-order valence-electron chi connectivity index (χ4n) is 2.62. The van der Waals surface area contributed by atoms with E-state index in [1.807, 2.05) is 31.1 Å². The zero-order valence-corrected chi connectivity index (χ0v) is 15.5. The lowest BCUT2D eigenvalue weighted by Crippen LogP contribution is -2.37. The molecular weight excluding hydrogens is 334 g/mol. The van der Waals surface area contributed by atoms with Crippen LogP contribution >= 0.6 is 0 Å². The van der Waals surface area contributed by atoms with Crippen molar-refractivity contribution in [1.29, 1.82) is 0 Å². The average molecular weight is 360 g/mol. The summed E-state index contributed by atoms with van der Waals surface area (Å²) in [7, 11) is 5.52. The third-order valence-corrected chi connectivity index (χ3v) is 3.88. The molecule has 2 aromatic carbocycles. The Morgan fingerprint density at radius 3 is 2.54 bits per heavy atom. The van der Waals surface area contributed by atoms with E-state index >= 15 is 0 Å². The minimum Gasteiger partial charge on any atom is -0.356 e. The molecule has 0 saturated carbocycles. The Hall–Kier alpha value is -2.47. The van der Waals surface area contributed by atoms with Crippen LogP contribution in [0, 0.1) is 11.6 Å². The Labute approximate surface area is 153 Å². The smallest absolute Gasteiger partial charge is 0.191 e. The summed E-state index contributed by atoms with van der Waals surface area (Å²) in [5.74, 6) is 0.231. The van der Waals surface area contributed by atoms with Crippen LogP contribution < -0.4 is 10.6 Å². The molecule has 0 aromatic heterocycles. The van der Waals surface area contributed by atoms with Crippen molar-refractivity contribution < 1.29 is 8.78 Å². The van der Waals surface area contributed by atoms with Gasteiger partial charge in [-0.2, -0.15) is 0 Å². The molecule has 2 aromatic rings. The van der Waals surface area contributed by atoms with Crippen molar-refractivity contribution in [2.75, 3.05) is 27.7 Å². The number of rotatable bonds is 7. The summed E-state index contributed by atoms with van der Waals surface area (Å²) in [6.07, 6.45) is 0.696. The molecule has 0 amide bonds. The maximum atomic E-state index is 13.8. The highest BCUT2D eigenvalue weighted by molar-refractivity contribution is 5.79. The lowest BCUT2D eigenvalue weighted by atomic mass is 10.1. The Bertz CT molecular complexity index is 744. The van der Waals surface area contributed by atoms with Gasteiger partial charge >= 0.3 is 0 Å². The Morgan fingerprint density at radius 2 is 1.85 bits per heavy atom. The first kappa shape index (κ1) is 19.8. The van der Waals surface area contributed by atoms with Crippen molar-refractivity contribution in [3.05, 3.63) is 70.8 Å². The normalized spacial score (nSPS) is 11.7. The topological polar surface area (TPSA) is 39.7 Å². The molecule has 0 aliphatic carbocycles. The molecule has 0 saturated heterocycles. The van der Waals surface area contributed by atoms with Gasteiger partial charge in [0.05, 0.1) is 0 Å². The summed E-state index contributed by atoms with van der Waals surface area (Å²) in [6, 6.07) is 11.7. The largest absolute Gasteiger partial charge is 0.356 e. The van der Waals surface area contributed by atoms with E-state index in [-0.39, 0.29) is 11.6 Å². The second kappa shape index (κ2) is 9.87. The summed E-state index contributed by atoms with van der Waals surface area (Å²) in [5.41, 5.74) is 2.58. The van der Waals surface area contributed by atoms with Crippen molar-refractivity contribution in [3.63, 3.8) is 0 Å². The summed E-state index contributed by atoms with van der Waals surface area (Å²) >= 11 is 0. The molecule has 0 spiro atoms. The third kappa shape index (κ3) is 6.44. The first-order valence-corrected chi connectivity index (χ1v) is 8.59. The molecule has 0 bridgehead atoms. The summed E-state index contributed by atoms with van der Waals surface area (Å²) in [6.45, 7) is 1.74. The molecule has 0 unspecified atom stereocenters. The van der Waals surface area contributed by atoms with Crippen LogP contribution in [0.25, 0.3) is 0 Å². The number of hydrogen-bond donors (Lipinski definition) is 2. The van der Waals surface area contributed by atoms with E-state index in [0.717, 1.165) is 11.1 Å². The van der Waals surface area contributed by atoms with Gasteiger partial charge in [0.2, 0.25) is 0 Å². The fraction of sp³-hybridized carbons (Fsp3) is 0.350. The van der Waals surface area contributed by atoms with E-state index in [0.29, 0.717) is 37.6 Å². The van der Waals surface area contributed by atoms with E-state index in [4.69, 9.17) is 0 Å². The van der Waals surface area contributed by atoms with Crippen LogP contribution in [0.2, 0.25) is 0 Å². The van der Waals surface area contributed by atoms with Crippen LogP contribution in [0.5, 0.6) is 0 Å². The highest BCUT2D eigenvalue weighted by Gasteiger charge is 2.06. The Morgan fingerprint density at radius 1 is 1.04 bits per heavy atom. The molecule has 0 fully saturated rings. The van der Waals surface area contributed by atoms with Gasteiger partial charge in [0.25, 0.3) is 0 Å². The third-order valence-electron chi connectivity index (χ3n) is 3.88. The molecule has 6 heteroatoms. The molecule has 2 N–H and O–H groups in total. The van der Waals surface area contributed by atoms with Crippen molar-refractivity contribution in [2.45, 2.75) is 19.5 Å². The molecule has 4 nitrogen and oxygen atoms in total. The van der Waals surface area contributed by atoms with Gasteiger partial charge in [-0.25, -0.2) is 8.78 Å². The lowest BCUT2D eigenvalue weighted by molar-refractivity contribution is 0.392. The number of aliphatic imine (C=N–C) groups is 1. The molecule has 140 valence electrons. The van der Waals surface area contributed by atoms with E-state index in [1.54, 1.807) is 19.2 Å². The average Bonchev–Trinajstić information content (AvgIpc) is 2.60. The van der Waals surface area contributed by atoms with Gasteiger partial charge in [-0.15, -0.1) is 0 Å². The van der Waals surface area contributed by atoms with Gasteiger partial charge in [0.15, 0.2) is 5.96 Å². The van der Waals surface area contributed by atoms with Gasteiger partial charge in [0.1, 0.15) is 11.6 Å². The molecule has 26 heavy (non-hydrogen) atoms. The monoisotopic (exact) mass is 360 g/mol. The standard InChI is InChI=1S/C20H26F2N4/c1-23-20(24-10-9-15-5-4-6-18(21)12-15)25-13-16-7-8-19(22)17(11-16)14-26(2)3/h4-8,11-12H,9-10,13-14H2,1-3H3,(H2,23,24,25). The van der Waals surface area contributed by atoms with Crippen molar-refractivity contribution in [2.24, 2.45) is 4.99 Å². The second-order valence-electron chi connectivity index (χ2n) is 6.40. The minimum atomic E-state index is -0.227. The first-order valence-electron chi connectivity index (χ1n) is 8.59. The minimum absolute atomic E-state index is 0.194. The van der Waals surface area contributed by atoms with E-state index in [1.165, 1.54) is 18.2 Å². The van der Waals surface area contributed by atoms with Crippen molar-refractivity contribution >= 4 is 5.96 Å². The summed E-state index contributed by atoms with van der Waals surface area (Å²) in [5, 5.41) is 6.41. The zero-order valence-electron chi connectivity index (χ0n) is 15.5. The van der Waals surface area contributed by atoms with Crippen LogP contribution in [-0.2, 0) is 19.5 Å². The lowest BCUT2D eigenvalue weighted by Gasteiger charge is -2.14. The number of nitrogens with one attached hydrogen (secondary N) is 2. The Balaban J connectivity index is 1.85. The number of hydrogen-bond acceptors (Lipinski definition) is 2. The summed E-state index contributed by atoms with van der Waals surface area (Å²) in [4.78, 5) is 6.11. The highest BCUT2D eigenvalue weighted by Crippen LogP contribution is 2.12. The van der Waals surface area contributed by atoms with Crippen LogP contribution in [-0.4, -0.2) is 38.5 Å². The number of guanidine groups is 1. The SMILES string of the molecule is CN=C(NCCc1cccc(F)c1)NCc1ccc(F)c(CN(C)C)c1. The van der Waals surface area contributed by atoms with Gasteiger partial charge < -0.3 is 15.5 Å². The Kier molecular flexibility index (Phi) is 7.53. The van der Waals surface area contributed by atoms with Crippen LogP contribution in [0.15, 0.2) is 47.5 Å². The molecular formula is C20H26F2N4.